The predicted octanol–water partition coefficient (Wildman–Crippen LogP) is 24.3. The van der Waals surface area contributed by atoms with Gasteiger partial charge in [-0.1, -0.05) is 252 Å². The number of rotatable bonds is 9. The summed E-state index contributed by atoms with van der Waals surface area (Å²) in [5.41, 5.74) is 17.9. The summed E-state index contributed by atoms with van der Waals surface area (Å²) in [7, 11) is -10.2. The van der Waals surface area contributed by atoms with Crippen LogP contribution >= 0.6 is 15.5 Å². The molecule has 0 saturated heterocycles. The van der Waals surface area contributed by atoms with Gasteiger partial charge in [-0.2, -0.15) is 0 Å². The largest absolute Gasteiger partial charge is 0.569 e. The fourth-order valence-electron chi connectivity index (χ4n) is 13.8. The van der Waals surface area contributed by atoms with E-state index in [2.05, 4.69) is 253 Å². The van der Waals surface area contributed by atoms with Crippen LogP contribution < -0.4 is 18.1 Å². The van der Waals surface area contributed by atoms with Crippen LogP contribution in [0, 0.1) is 27.7 Å². The highest BCUT2D eigenvalue weighted by Gasteiger charge is 2.46. The maximum absolute atomic E-state index is 17.8. The van der Waals surface area contributed by atoms with Crippen molar-refractivity contribution in [2.75, 3.05) is 0 Å². The molecule has 2 aliphatic rings. The zero-order valence-corrected chi connectivity index (χ0v) is 54.4. The lowest BCUT2D eigenvalue weighted by atomic mass is 9.83. The maximum Gasteiger partial charge on any atom is 0.569 e. The highest BCUT2D eigenvalue weighted by molar-refractivity contribution is 7.64. The van der Waals surface area contributed by atoms with E-state index in [0.717, 1.165) is 121 Å². The summed E-state index contributed by atoms with van der Waals surface area (Å²) in [5, 5.41) is 7.32. The van der Waals surface area contributed by atoms with Crippen molar-refractivity contribution in [3.63, 3.8) is 0 Å². The van der Waals surface area contributed by atoms with Crippen molar-refractivity contribution in [1.29, 1.82) is 0 Å². The Morgan fingerprint density at radius 1 is 0.315 bits per heavy atom. The fourth-order valence-corrected chi connectivity index (χ4v) is 17.3. The quantitative estimate of drug-likeness (QED) is 0.145. The third-order valence-electron chi connectivity index (χ3n) is 18.0. The minimum atomic E-state index is -5.21. The number of fused-ring (bicyclic) bond motifs is 14. The van der Waals surface area contributed by atoms with Gasteiger partial charge in [0.15, 0.2) is 0 Å². The first-order valence-corrected chi connectivity index (χ1v) is 34.2. The minimum absolute atomic E-state index is 0.0890. The van der Waals surface area contributed by atoms with E-state index in [9.17, 15) is 4.89 Å². The van der Waals surface area contributed by atoms with Crippen molar-refractivity contribution >= 4 is 58.6 Å². The smallest absolute Gasteiger partial charge is 0.408 e. The molecule has 0 atom stereocenters. The molecule has 0 fully saturated rings. The number of hydrogen-bond donors (Lipinski definition) is 1. The monoisotopic (exact) mass is 1210 g/mol. The van der Waals surface area contributed by atoms with Gasteiger partial charge in [0.1, 0.15) is 23.0 Å². The molecule has 14 rings (SSSR count). The first-order valence-electron chi connectivity index (χ1n) is 31.2. The Hall–Kier alpha value is -8.70. The van der Waals surface area contributed by atoms with Crippen molar-refractivity contribution in [3.05, 3.63) is 239 Å². The van der Waals surface area contributed by atoms with Crippen LogP contribution in [0.4, 0.5) is 0 Å². The molecule has 0 aromatic heterocycles. The fraction of sp³-hybridized carbons (Fsp3) is 0.200. The number of aryl methyl sites for hydroxylation is 4. The Bertz CT molecular complexity index is 4750. The normalized spacial score (nSPS) is 14.0. The molecule has 444 valence electrons. The van der Waals surface area contributed by atoms with E-state index < -0.39 is 15.5 Å². The summed E-state index contributed by atoms with van der Waals surface area (Å²) < 4.78 is 53.2. The van der Waals surface area contributed by atoms with E-state index in [0.29, 0.717) is 56.4 Å². The minimum Gasteiger partial charge on any atom is -0.408 e. The highest BCUT2D eigenvalue weighted by atomic mass is 31.2. The maximum atomic E-state index is 17.8. The molecule has 0 spiro atoms. The summed E-state index contributed by atoms with van der Waals surface area (Å²) in [6.45, 7) is 25.9. The lowest BCUT2D eigenvalue weighted by Gasteiger charge is -2.25. The summed E-state index contributed by atoms with van der Waals surface area (Å²) in [4.78, 5) is 14.6. The van der Waals surface area contributed by atoms with Gasteiger partial charge >= 0.3 is 15.5 Å². The van der Waals surface area contributed by atoms with Crippen LogP contribution in [0.3, 0.4) is 0 Å². The zero-order chi connectivity index (χ0) is 61.9. The zero-order valence-electron chi connectivity index (χ0n) is 52.6. The van der Waals surface area contributed by atoms with Crippen molar-refractivity contribution < 1.29 is 27.6 Å². The van der Waals surface area contributed by atoms with Gasteiger partial charge in [-0.25, -0.2) is 4.57 Å². The summed E-state index contributed by atoms with van der Waals surface area (Å²) in [5.74, 6) is 1.66. The van der Waals surface area contributed by atoms with E-state index in [1.807, 2.05) is 24.3 Å². The molecule has 0 aliphatic carbocycles. The molecule has 9 heteroatoms. The summed E-state index contributed by atoms with van der Waals surface area (Å²) in [6.07, 6.45) is 0. The molecule has 89 heavy (non-hydrogen) atoms. The topological polar surface area (TPSA) is 86.6 Å². The van der Waals surface area contributed by atoms with Crippen LogP contribution in [-0.4, -0.2) is 4.89 Å². The van der Waals surface area contributed by atoms with E-state index in [4.69, 9.17) is 22.6 Å². The average Bonchev–Trinajstić information content (AvgIpc) is 1.68. The van der Waals surface area contributed by atoms with Crippen LogP contribution in [0.2, 0.25) is 0 Å². The molecule has 0 unspecified atom stereocenters. The standard InChI is InChI=1S/C80H73NO6P2/c1-45(2)57-33-29-49(9)37-65(57)69-41-53-21-13-17-25-61(53)73-74-62-26-18-14-22-54(62)42-70(66-38-50(10)30-34-58(66)46(3)4)78(74)85-88(82,84-77(69)73)81-89(83)86-79-71(67-39-51(11)31-35-59(67)47(5)6)43-55-23-15-19-27-63(55)75(79)76-64-28-20-16-24-56(64)44-72(80(76)87-89)68-40-52(12)32-36-60(68)48(7)8/h13-48,82H,1-12H3. The molecular formula is C80H73NO6P2. The molecular weight excluding hydrogens is 1130 g/mol. The molecule has 12 aromatic carbocycles. The number of nitrogens with zero attached hydrogens (tertiary/aromatic N) is 1. The summed E-state index contributed by atoms with van der Waals surface area (Å²) in [6, 6.07) is 67.9. The van der Waals surface area contributed by atoms with Crippen LogP contribution in [0.5, 0.6) is 23.0 Å². The van der Waals surface area contributed by atoms with Gasteiger partial charge in [0.2, 0.25) is 0 Å². The third kappa shape index (κ3) is 10.0. The second-order valence-corrected chi connectivity index (χ2v) is 29.2. The van der Waals surface area contributed by atoms with E-state index in [1.54, 1.807) is 0 Å². The molecule has 2 heterocycles. The van der Waals surface area contributed by atoms with Crippen LogP contribution in [0.15, 0.2) is 199 Å². The van der Waals surface area contributed by atoms with Crippen molar-refractivity contribution in [2.24, 2.45) is 4.52 Å². The average molecular weight is 1210 g/mol. The molecule has 0 bridgehead atoms. The lowest BCUT2D eigenvalue weighted by molar-refractivity contribution is 0.361. The predicted molar refractivity (Wildman–Crippen MR) is 373 cm³/mol. The molecule has 1 N–H and O–H groups in total. The number of hydrogen-bond acceptors (Lipinski definition) is 5. The second kappa shape index (κ2) is 22.1. The van der Waals surface area contributed by atoms with Crippen LogP contribution in [0.1, 0.15) is 124 Å². The van der Waals surface area contributed by atoms with Gasteiger partial charge in [0.25, 0.3) is 0 Å². The van der Waals surface area contributed by atoms with Crippen molar-refractivity contribution in [3.8, 4) is 89.8 Å². The van der Waals surface area contributed by atoms with Gasteiger partial charge in [-0.05, 0) is 163 Å². The van der Waals surface area contributed by atoms with Gasteiger partial charge in [-0.3, -0.25) is 4.89 Å². The summed E-state index contributed by atoms with van der Waals surface area (Å²) >= 11 is 0. The van der Waals surface area contributed by atoms with E-state index in [1.165, 1.54) is 0 Å². The Kier molecular flexibility index (Phi) is 14.4. The Balaban J connectivity index is 1.17. The van der Waals surface area contributed by atoms with Gasteiger partial charge in [0, 0.05) is 44.5 Å². The Labute approximate surface area is 522 Å². The first kappa shape index (κ1) is 58.0. The molecule has 7 nitrogen and oxygen atoms in total. The Morgan fingerprint density at radius 3 is 0.798 bits per heavy atom. The molecule has 12 aromatic rings. The number of benzene rings is 12. The van der Waals surface area contributed by atoms with Gasteiger partial charge in [-0.15, -0.1) is 0 Å². The first-order chi connectivity index (χ1) is 42.7. The van der Waals surface area contributed by atoms with Gasteiger partial charge < -0.3 is 18.1 Å². The third-order valence-corrected chi connectivity index (χ3v) is 21.5. The van der Waals surface area contributed by atoms with Crippen LogP contribution in [-0.2, 0) is 4.57 Å². The molecule has 0 amide bonds. The van der Waals surface area contributed by atoms with E-state index >= 15 is 4.57 Å². The highest BCUT2D eigenvalue weighted by Crippen LogP contribution is 2.71. The lowest BCUT2D eigenvalue weighted by Crippen LogP contribution is -2.06. The molecule has 2 aliphatic heterocycles. The molecule has 0 saturated carbocycles. The van der Waals surface area contributed by atoms with Crippen LogP contribution in [0.25, 0.3) is 110 Å². The van der Waals surface area contributed by atoms with Crippen molar-refractivity contribution in [2.45, 2.75) is 107 Å². The van der Waals surface area contributed by atoms with Crippen molar-refractivity contribution in [1.82, 2.24) is 0 Å². The SMILES string of the molecule is Cc1ccc(C(C)C)c(-c2cc3ccccc3c3c2OP(=O)(N=P2(O)Oc4c(-c5cc(C)ccc5C(C)C)cc5ccccc5c4-c4c(c(-c5cc(C)ccc5C(C)C)cc5ccccc45)O2)Oc2c(-c4cc(C)ccc4C(C)C)cc4ccccc4c2-3)c1. The molecule has 0 radical (unpaired) electrons. The van der Waals surface area contributed by atoms with Gasteiger partial charge in [0.05, 0.1) is 0 Å². The second-order valence-electron chi connectivity index (χ2n) is 25.8. The van der Waals surface area contributed by atoms with E-state index in [-0.39, 0.29) is 23.7 Å². The Morgan fingerprint density at radius 2 is 0.551 bits per heavy atom.